The molecule has 1 saturated heterocycles. The first-order valence-electron chi connectivity index (χ1n) is 9.44. The molecule has 0 bridgehead atoms. The van der Waals surface area contributed by atoms with Crippen LogP contribution in [0.1, 0.15) is 29.5 Å². The molecule has 5 heteroatoms. The normalized spacial score (nSPS) is 15.3. The summed E-state index contributed by atoms with van der Waals surface area (Å²) in [7, 11) is 0. The SMILES string of the molecule is Cc1cccc(CC(=O)N2CCC(Oc3nc4c(C)cccc4s3)CC2)c1. The summed E-state index contributed by atoms with van der Waals surface area (Å²) in [4.78, 5) is 19.2. The van der Waals surface area contributed by atoms with E-state index in [4.69, 9.17) is 4.74 Å². The Bertz CT molecular complexity index is 958. The molecule has 4 rings (SSSR count). The van der Waals surface area contributed by atoms with E-state index in [2.05, 4.69) is 49.2 Å². The number of nitrogens with zero attached hydrogens (tertiary/aromatic N) is 2. The maximum absolute atomic E-state index is 12.6. The van der Waals surface area contributed by atoms with E-state index >= 15 is 0 Å². The fourth-order valence-electron chi connectivity index (χ4n) is 3.59. The third-order valence-corrected chi connectivity index (χ3v) is 6.01. The Morgan fingerprint density at radius 2 is 1.96 bits per heavy atom. The molecule has 1 fully saturated rings. The number of piperidine rings is 1. The molecular formula is C22H24N2O2S. The van der Waals surface area contributed by atoms with Gasteiger partial charge in [-0.15, -0.1) is 0 Å². The number of aromatic nitrogens is 1. The molecule has 1 amide bonds. The molecule has 0 spiro atoms. The quantitative estimate of drug-likeness (QED) is 0.668. The summed E-state index contributed by atoms with van der Waals surface area (Å²) in [5.74, 6) is 0.203. The van der Waals surface area contributed by atoms with Crippen molar-refractivity contribution in [2.75, 3.05) is 13.1 Å². The van der Waals surface area contributed by atoms with E-state index in [1.807, 2.05) is 17.0 Å². The number of likely N-dealkylation sites (tertiary alicyclic amines) is 1. The molecule has 2 aromatic carbocycles. The molecule has 0 saturated carbocycles. The third-order valence-electron chi connectivity index (χ3n) is 5.10. The van der Waals surface area contributed by atoms with Gasteiger partial charge in [-0.1, -0.05) is 53.3 Å². The van der Waals surface area contributed by atoms with Crippen molar-refractivity contribution < 1.29 is 9.53 Å². The lowest BCUT2D eigenvalue weighted by molar-refractivity contribution is -0.132. The van der Waals surface area contributed by atoms with Gasteiger partial charge in [0.1, 0.15) is 6.10 Å². The van der Waals surface area contributed by atoms with Crippen molar-refractivity contribution in [1.82, 2.24) is 9.88 Å². The lowest BCUT2D eigenvalue weighted by Crippen LogP contribution is -2.42. The molecule has 0 radical (unpaired) electrons. The van der Waals surface area contributed by atoms with Crippen LogP contribution < -0.4 is 4.74 Å². The molecular weight excluding hydrogens is 356 g/mol. The number of ether oxygens (including phenoxy) is 1. The first-order valence-corrected chi connectivity index (χ1v) is 10.3. The van der Waals surface area contributed by atoms with E-state index in [0.717, 1.165) is 46.9 Å². The highest BCUT2D eigenvalue weighted by molar-refractivity contribution is 7.20. The molecule has 1 aromatic heterocycles. The third kappa shape index (κ3) is 4.14. The predicted octanol–water partition coefficient (Wildman–Crippen LogP) is 4.53. The highest BCUT2D eigenvalue weighted by Gasteiger charge is 2.24. The molecule has 3 aromatic rings. The monoisotopic (exact) mass is 380 g/mol. The van der Waals surface area contributed by atoms with Gasteiger partial charge in [0.05, 0.1) is 16.6 Å². The van der Waals surface area contributed by atoms with Crippen LogP contribution in [0.15, 0.2) is 42.5 Å². The predicted molar refractivity (Wildman–Crippen MR) is 109 cm³/mol. The summed E-state index contributed by atoms with van der Waals surface area (Å²) in [6.07, 6.45) is 2.32. The topological polar surface area (TPSA) is 42.4 Å². The molecule has 1 aliphatic heterocycles. The van der Waals surface area contributed by atoms with E-state index in [9.17, 15) is 4.79 Å². The summed E-state index contributed by atoms with van der Waals surface area (Å²) in [5, 5.41) is 0.740. The zero-order valence-corrected chi connectivity index (χ0v) is 16.6. The van der Waals surface area contributed by atoms with Crippen molar-refractivity contribution in [1.29, 1.82) is 0 Å². The molecule has 27 heavy (non-hydrogen) atoms. The van der Waals surface area contributed by atoms with Crippen molar-refractivity contribution in [2.45, 2.75) is 39.2 Å². The molecule has 140 valence electrons. The minimum atomic E-state index is 0.133. The van der Waals surface area contributed by atoms with Gasteiger partial charge in [-0.2, -0.15) is 0 Å². The van der Waals surface area contributed by atoms with Crippen molar-refractivity contribution >= 4 is 27.5 Å². The minimum absolute atomic E-state index is 0.133. The second-order valence-corrected chi connectivity index (χ2v) is 8.26. The fraction of sp³-hybridized carbons (Fsp3) is 0.364. The smallest absolute Gasteiger partial charge is 0.274 e. The molecule has 2 heterocycles. The number of hydrogen-bond acceptors (Lipinski definition) is 4. The summed E-state index contributed by atoms with van der Waals surface area (Å²) in [6, 6.07) is 14.4. The average molecular weight is 381 g/mol. The largest absolute Gasteiger partial charge is 0.467 e. The zero-order valence-electron chi connectivity index (χ0n) is 15.8. The van der Waals surface area contributed by atoms with Crippen LogP contribution in [0, 0.1) is 13.8 Å². The Morgan fingerprint density at radius 1 is 1.19 bits per heavy atom. The summed E-state index contributed by atoms with van der Waals surface area (Å²) in [5.41, 5.74) is 4.49. The Labute approximate surface area is 163 Å². The second-order valence-electron chi connectivity index (χ2n) is 7.27. The fourth-order valence-corrected chi connectivity index (χ4v) is 4.55. The second kappa shape index (κ2) is 7.69. The van der Waals surface area contributed by atoms with Gasteiger partial charge < -0.3 is 9.64 Å². The number of fused-ring (bicyclic) bond motifs is 1. The van der Waals surface area contributed by atoms with E-state index in [1.54, 1.807) is 11.3 Å². The Kier molecular flexibility index (Phi) is 5.12. The summed E-state index contributed by atoms with van der Waals surface area (Å²) >= 11 is 1.60. The van der Waals surface area contributed by atoms with Crippen LogP contribution in [-0.4, -0.2) is 35.0 Å². The molecule has 4 nitrogen and oxygen atoms in total. The summed E-state index contributed by atoms with van der Waals surface area (Å²) in [6.45, 7) is 5.63. The van der Waals surface area contributed by atoms with Gasteiger partial charge in [0.25, 0.3) is 5.19 Å². The van der Waals surface area contributed by atoms with Gasteiger partial charge >= 0.3 is 0 Å². The minimum Gasteiger partial charge on any atom is -0.467 e. The summed E-state index contributed by atoms with van der Waals surface area (Å²) < 4.78 is 7.29. The Balaban J connectivity index is 1.33. The highest BCUT2D eigenvalue weighted by atomic mass is 32.1. The van der Waals surface area contributed by atoms with Gasteiger partial charge in [0, 0.05) is 25.9 Å². The van der Waals surface area contributed by atoms with Crippen molar-refractivity contribution in [3.63, 3.8) is 0 Å². The first-order chi connectivity index (χ1) is 13.1. The number of aryl methyl sites for hydroxylation is 2. The zero-order chi connectivity index (χ0) is 18.8. The van der Waals surface area contributed by atoms with E-state index < -0.39 is 0 Å². The number of amides is 1. The van der Waals surface area contributed by atoms with Crippen molar-refractivity contribution in [2.24, 2.45) is 0 Å². The van der Waals surface area contributed by atoms with E-state index in [0.29, 0.717) is 6.42 Å². The number of rotatable bonds is 4. The van der Waals surface area contributed by atoms with Crippen molar-refractivity contribution in [3.8, 4) is 5.19 Å². The van der Waals surface area contributed by atoms with Gasteiger partial charge in [0.2, 0.25) is 5.91 Å². The number of hydrogen-bond donors (Lipinski definition) is 0. The molecule has 0 unspecified atom stereocenters. The van der Waals surface area contributed by atoms with Crippen LogP contribution in [0.3, 0.4) is 0 Å². The lowest BCUT2D eigenvalue weighted by Gasteiger charge is -2.31. The molecule has 0 atom stereocenters. The van der Waals surface area contributed by atoms with Gasteiger partial charge in [-0.05, 0) is 31.0 Å². The number of carbonyl (C=O) groups excluding carboxylic acids is 1. The highest BCUT2D eigenvalue weighted by Crippen LogP contribution is 2.31. The molecule has 0 N–H and O–H groups in total. The van der Waals surface area contributed by atoms with Crippen LogP contribution >= 0.6 is 11.3 Å². The van der Waals surface area contributed by atoms with Crippen LogP contribution in [0.5, 0.6) is 5.19 Å². The van der Waals surface area contributed by atoms with E-state index in [-0.39, 0.29) is 12.0 Å². The van der Waals surface area contributed by atoms with Crippen LogP contribution in [0.25, 0.3) is 10.2 Å². The van der Waals surface area contributed by atoms with Crippen LogP contribution in [-0.2, 0) is 11.2 Å². The molecule has 1 aliphatic rings. The maximum Gasteiger partial charge on any atom is 0.274 e. The Hall–Kier alpha value is -2.40. The number of benzene rings is 2. The van der Waals surface area contributed by atoms with Crippen LogP contribution in [0.2, 0.25) is 0 Å². The first kappa shape index (κ1) is 18.0. The number of thiazole rings is 1. The van der Waals surface area contributed by atoms with Gasteiger partial charge in [0.15, 0.2) is 0 Å². The number of para-hydroxylation sites is 1. The van der Waals surface area contributed by atoms with Crippen LogP contribution in [0.4, 0.5) is 0 Å². The Morgan fingerprint density at radius 3 is 2.70 bits per heavy atom. The van der Waals surface area contributed by atoms with Gasteiger partial charge in [-0.3, -0.25) is 4.79 Å². The standard InChI is InChI=1S/C22H24N2O2S/c1-15-5-3-7-17(13-15)14-20(25)24-11-9-18(10-12-24)26-22-23-21-16(2)6-4-8-19(21)27-22/h3-8,13,18H,9-12,14H2,1-2H3. The molecule has 0 aliphatic carbocycles. The average Bonchev–Trinajstić information content (AvgIpc) is 3.06. The maximum atomic E-state index is 12.6. The van der Waals surface area contributed by atoms with Crippen molar-refractivity contribution in [3.05, 3.63) is 59.2 Å². The van der Waals surface area contributed by atoms with Gasteiger partial charge in [-0.25, -0.2) is 4.98 Å². The van der Waals surface area contributed by atoms with E-state index in [1.165, 1.54) is 11.1 Å². The number of carbonyl (C=O) groups is 1. The lowest BCUT2D eigenvalue weighted by atomic mass is 10.0.